The lowest BCUT2D eigenvalue weighted by Gasteiger charge is -2.33. The van der Waals surface area contributed by atoms with Gasteiger partial charge in [0.1, 0.15) is 0 Å². The summed E-state index contributed by atoms with van der Waals surface area (Å²) in [6, 6.07) is 3.37. The first kappa shape index (κ1) is 17.0. The van der Waals surface area contributed by atoms with Crippen LogP contribution in [0.15, 0.2) is 12.4 Å². The summed E-state index contributed by atoms with van der Waals surface area (Å²) in [5, 5.41) is 1.20. The van der Waals surface area contributed by atoms with Crippen molar-refractivity contribution in [1.29, 1.82) is 0 Å². The Labute approximate surface area is 127 Å². The normalized spacial score (nSPS) is 13.6. The Hall–Kier alpha value is -0.0931. The lowest BCUT2D eigenvalue weighted by Crippen LogP contribution is -2.37. The molecule has 0 saturated heterocycles. The van der Waals surface area contributed by atoms with Gasteiger partial charge in [0.2, 0.25) is 0 Å². The Bertz CT molecular complexity index is 382. The molecule has 5 heteroatoms. The van der Waals surface area contributed by atoms with Gasteiger partial charge in [-0.25, -0.2) is 0 Å². The third kappa shape index (κ3) is 3.94. The van der Waals surface area contributed by atoms with Crippen LogP contribution >= 0.6 is 23.2 Å². The molecule has 0 aliphatic heterocycles. The van der Waals surface area contributed by atoms with Crippen molar-refractivity contribution >= 4 is 31.5 Å². The van der Waals surface area contributed by atoms with Gasteiger partial charge in [-0.2, -0.15) is 0 Å². The van der Waals surface area contributed by atoms with Crippen molar-refractivity contribution in [3.63, 3.8) is 0 Å². The van der Waals surface area contributed by atoms with Crippen LogP contribution in [0.2, 0.25) is 28.2 Å². The molecule has 0 radical (unpaired) electrons. The zero-order chi connectivity index (χ0) is 14.5. The summed E-state index contributed by atoms with van der Waals surface area (Å²) in [5.41, 5.74) is 0.896. The van der Waals surface area contributed by atoms with Crippen LogP contribution in [-0.4, -0.2) is 13.3 Å². The molecule has 0 fully saturated rings. The molecule has 0 bridgehead atoms. The Balaban J connectivity index is 3.07. The first-order chi connectivity index (χ1) is 9.03. The van der Waals surface area contributed by atoms with Crippen LogP contribution in [0.1, 0.15) is 45.8 Å². The van der Waals surface area contributed by atoms with Crippen LogP contribution in [0.5, 0.6) is 0 Å². The zero-order valence-corrected chi connectivity index (χ0v) is 14.7. The minimum atomic E-state index is -1.67. The highest BCUT2D eigenvalue weighted by molar-refractivity contribution is 6.73. The molecule has 0 aliphatic rings. The topological polar surface area (TPSA) is 22.1 Å². The molecule has 0 aromatic carbocycles. The fourth-order valence-electron chi connectivity index (χ4n) is 2.38. The quantitative estimate of drug-likeness (QED) is 0.587. The van der Waals surface area contributed by atoms with Crippen LogP contribution < -0.4 is 0 Å². The molecule has 2 nitrogen and oxygen atoms in total. The molecule has 19 heavy (non-hydrogen) atoms. The third-order valence-corrected chi connectivity index (χ3v) is 9.16. The van der Waals surface area contributed by atoms with E-state index in [-0.39, 0.29) is 6.10 Å². The number of halogens is 2. The maximum absolute atomic E-state index is 6.52. The Morgan fingerprint density at radius 2 is 1.53 bits per heavy atom. The molecular weight excluding hydrogens is 297 g/mol. The summed E-state index contributed by atoms with van der Waals surface area (Å²) >= 11 is 12.5. The van der Waals surface area contributed by atoms with Crippen molar-refractivity contribution in [3.05, 3.63) is 28.0 Å². The van der Waals surface area contributed by atoms with Gasteiger partial charge >= 0.3 is 0 Å². The van der Waals surface area contributed by atoms with Crippen LogP contribution in [-0.2, 0) is 4.43 Å². The summed E-state index contributed by atoms with van der Waals surface area (Å²) < 4.78 is 6.52. The first-order valence-corrected chi connectivity index (χ1v) is 10.3. The molecule has 1 aromatic heterocycles. The average molecular weight is 320 g/mol. The highest BCUT2D eigenvalue weighted by atomic mass is 35.5. The predicted molar refractivity (Wildman–Crippen MR) is 85.6 cm³/mol. The molecule has 1 heterocycles. The van der Waals surface area contributed by atoms with E-state index in [2.05, 4.69) is 32.7 Å². The van der Waals surface area contributed by atoms with E-state index in [1.165, 1.54) is 0 Å². The van der Waals surface area contributed by atoms with Gasteiger partial charge < -0.3 is 4.43 Å². The second-order valence-corrected chi connectivity index (χ2v) is 10.3. The minimum Gasteiger partial charge on any atom is -0.410 e. The number of aromatic nitrogens is 1. The highest BCUT2D eigenvalue weighted by Gasteiger charge is 2.33. The smallest absolute Gasteiger partial charge is 0.192 e. The molecule has 1 atom stereocenters. The summed E-state index contributed by atoms with van der Waals surface area (Å²) in [7, 11) is -1.67. The first-order valence-electron chi connectivity index (χ1n) is 7.00. The van der Waals surface area contributed by atoms with E-state index in [1.54, 1.807) is 12.4 Å². The summed E-state index contributed by atoms with van der Waals surface area (Å²) in [5.74, 6) is 0. The number of hydrogen-bond acceptors (Lipinski definition) is 2. The SMILES string of the molecule is CCC(O[Si](CC)(CC)CC)c1c(Cl)cncc1Cl. The summed E-state index contributed by atoms with van der Waals surface area (Å²) in [6.45, 7) is 8.78. The fourth-order valence-corrected chi connectivity index (χ4v) is 5.87. The van der Waals surface area contributed by atoms with Gasteiger partial charge in [0, 0.05) is 18.0 Å². The van der Waals surface area contributed by atoms with Crippen molar-refractivity contribution in [2.24, 2.45) is 0 Å². The second-order valence-electron chi connectivity index (χ2n) is 4.78. The van der Waals surface area contributed by atoms with Crippen molar-refractivity contribution < 1.29 is 4.43 Å². The Kier molecular flexibility index (Phi) is 6.81. The van der Waals surface area contributed by atoms with Gasteiger partial charge in [0.25, 0.3) is 0 Å². The van der Waals surface area contributed by atoms with Crippen LogP contribution in [0.4, 0.5) is 0 Å². The van der Waals surface area contributed by atoms with E-state index in [4.69, 9.17) is 27.6 Å². The molecule has 0 saturated carbocycles. The third-order valence-electron chi connectivity index (χ3n) is 3.91. The summed E-state index contributed by atoms with van der Waals surface area (Å²) in [4.78, 5) is 4.01. The maximum atomic E-state index is 6.52. The van der Waals surface area contributed by atoms with Crippen molar-refractivity contribution in [2.45, 2.75) is 58.4 Å². The van der Waals surface area contributed by atoms with E-state index in [1.807, 2.05) is 0 Å². The molecule has 1 aromatic rings. The van der Waals surface area contributed by atoms with Crippen molar-refractivity contribution in [2.75, 3.05) is 0 Å². The van der Waals surface area contributed by atoms with E-state index >= 15 is 0 Å². The van der Waals surface area contributed by atoms with Crippen LogP contribution in [0.3, 0.4) is 0 Å². The molecule has 0 N–H and O–H groups in total. The minimum absolute atomic E-state index is 0.0190. The molecule has 108 valence electrons. The highest BCUT2D eigenvalue weighted by Crippen LogP contribution is 2.37. The average Bonchev–Trinajstić information content (AvgIpc) is 2.43. The molecular formula is C14H23Cl2NOSi. The van der Waals surface area contributed by atoms with E-state index < -0.39 is 8.32 Å². The standard InChI is InChI=1S/C14H23Cl2NOSi/c1-5-13(18-19(6-2,7-3)8-4)14-11(15)9-17-10-12(14)16/h9-10,13H,5-8H2,1-4H3. The summed E-state index contributed by atoms with van der Waals surface area (Å²) in [6.07, 6.45) is 4.14. The van der Waals surface area contributed by atoms with E-state index in [0.717, 1.165) is 30.1 Å². The van der Waals surface area contributed by atoms with Gasteiger partial charge in [-0.3, -0.25) is 4.98 Å². The Morgan fingerprint density at radius 3 is 1.89 bits per heavy atom. The van der Waals surface area contributed by atoms with E-state index in [0.29, 0.717) is 10.0 Å². The van der Waals surface area contributed by atoms with Crippen molar-refractivity contribution in [1.82, 2.24) is 4.98 Å². The van der Waals surface area contributed by atoms with E-state index in [9.17, 15) is 0 Å². The fraction of sp³-hybridized carbons (Fsp3) is 0.643. The molecule has 1 unspecified atom stereocenters. The number of hydrogen-bond donors (Lipinski definition) is 0. The molecule has 0 amide bonds. The van der Waals surface area contributed by atoms with Crippen LogP contribution in [0, 0.1) is 0 Å². The monoisotopic (exact) mass is 319 g/mol. The number of rotatable bonds is 7. The van der Waals surface area contributed by atoms with Gasteiger partial charge in [0.15, 0.2) is 8.32 Å². The molecule has 1 rings (SSSR count). The Morgan fingerprint density at radius 1 is 1.05 bits per heavy atom. The zero-order valence-electron chi connectivity index (χ0n) is 12.2. The van der Waals surface area contributed by atoms with Gasteiger partial charge in [-0.05, 0) is 24.6 Å². The maximum Gasteiger partial charge on any atom is 0.192 e. The predicted octanol–water partition coefficient (Wildman–Crippen LogP) is 5.86. The van der Waals surface area contributed by atoms with Crippen molar-refractivity contribution in [3.8, 4) is 0 Å². The van der Waals surface area contributed by atoms with Gasteiger partial charge in [-0.15, -0.1) is 0 Å². The number of nitrogens with zero attached hydrogens (tertiary/aromatic N) is 1. The largest absolute Gasteiger partial charge is 0.410 e. The van der Waals surface area contributed by atoms with Gasteiger partial charge in [-0.1, -0.05) is 50.9 Å². The lowest BCUT2D eigenvalue weighted by molar-refractivity contribution is 0.185. The van der Waals surface area contributed by atoms with Gasteiger partial charge in [0.05, 0.1) is 16.1 Å². The second kappa shape index (κ2) is 7.63. The number of pyridine rings is 1. The lowest BCUT2D eigenvalue weighted by atomic mass is 10.1. The molecule has 0 spiro atoms. The molecule has 0 aliphatic carbocycles. The van der Waals surface area contributed by atoms with Crippen LogP contribution in [0.25, 0.3) is 0 Å².